The minimum absolute atomic E-state index is 0.115. The van der Waals surface area contributed by atoms with E-state index < -0.39 is 15.7 Å². The van der Waals surface area contributed by atoms with E-state index in [-0.39, 0.29) is 9.79 Å². The molecule has 0 bridgehead atoms. The zero-order valence-electron chi connectivity index (χ0n) is 14.5. The number of rotatable bonds is 5. The highest BCUT2D eigenvalue weighted by atomic mass is 32.2. The van der Waals surface area contributed by atoms with Gasteiger partial charge in [0.25, 0.3) is 0 Å². The van der Waals surface area contributed by atoms with Gasteiger partial charge < -0.3 is 5.73 Å². The molecule has 0 aliphatic carbocycles. The van der Waals surface area contributed by atoms with Gasteiger partial charge in [-0.25, -0.2) is 8.42 Å². The van der Waals surface area contributed by atoms with Crippen LogP contribution in [-0.2, 0) is 14.6 Å². The molecular weight excluding hydrogens is 362 g/mol. The summed E-state index contributed by atoms with van der Waals surface area (Å²) in [7, 11) is -3.78. The van der Waals surface area contributed by atoms with Crippen LogP contribution in [0.25, 0.3) is 17.2 Å². The van der Waals surface area contributed by atoms with Gasteiger partial charge in [-0.3, -0.25) is 14.8 Å². The zero-order valence-corrected chi connectivity index (χ0v) is 15.3. The van der Waals surface area contributed by atoms with Crippen molar-refractivity contribution in [3.05, 3.63) is 78.4 Å². The van der Waals surface area contributed by atoms with E-state index in [4.69, 9.17) is 5.73 Å². The van der Waals surface area contributed by atoms with Gasteiger partial charge in [0.05, 0.1) is 9.79 Å². The highest BCUT2D eigenvalue weighted by molar-refractivity contribution is 7.91. The summed E-state index contributed by atoms with van der Waals surface area (Å²) in [6.45, 7) is 1.79. The first kappa shape index (κ1) is 18.5. The van der Waals surface area contributed by atoms with E-state index in [1.54, 1.807) is 55.7 Å². The zero-order chi connectivity index (χ0) is 19.4. The molecule has 3 rings (SSSR count). The second-order valence-electron chi connectivity index (χ2n) is 5.83. The molecule has 1 aromatic carbocycles. The molecule has 0 saturated carbocycles. The van der Waals surface area contributed by atoms with Crippen LogP contribution in [0.2, 0.25) is 0 Å². The molecule has 0 aliphatic heterocycles. The lowest BCUT2D eigenvalue weighted by molar-refractivity contribution is -0.113. The fraction of sp³-hybridized carbons (Fsp3) is 0.0500. The van der Waals surface area contributed by atoms with Crippen LogP contribution in [0.3, 0.4) is 0 Å². The maximum atomic E-state index is 13.2. The molecule has 0 atom stereocenters. The van der Waals surface area contributed by atoms with E-state index in [0.29, 0.717) is 16.7 Å². The molecule has 0 saturated heterocycles. The molecule has 7 heteroatoms. The molecule has 6 nitrogen and oxygen atoms in total. The van der Waals surface area contributed by atoms with Crippen molar-refractivity contribution in [2.75, 3.05) is 0 Å². The van der Waals surface area contributed by atoms with E-state index >= 15 is 0 Å². The number of carbonyl (C=O) groups excluding carboxylic acids is 1. The molecule has 1 amide bonds. The predicted molar refractivity (Wildman–Crippen MR) is 102 cm³/mol. The average Bonchev–Trinajstić information content (AvgIpc) is 2.67. The number of primary amides is 1. The molecule has 136 valence electrons. The molecule has 0 radical (unpaired) electrons. The quantitative estimate of drug-likeness (QED) is 0.687. The highest BCUT2D eigenvalue weighted by Gasteiger charge is 2.22. The number of carbonyl (C=O) groups is 1. The lowest BCUT2D eigenvalue weighted by atomic mass is 10.0. The summed E-state index contributed by atoms with van der Waals surface area (Å²) in [5, 5.41) is 0. The highest BCUT2D eigenvalue weighted by Crippen LogP contribution is 2.33. The maximum absolute atomic E-state index is 13.2. The largest absolute Gasteiger partial charge is 0.366 e. The van der Waals surface area contributed by atoms with Crippen molar-refractivity contribution in [1.82, 2.24) is 9.97 Å². The van der Waals surface area contributed by atoms with E-state index in [1.807, 2.05) is 0 Å². The minimum Gasteiger partial charge on any atom is -0.366 e. The summed E-state index contributed by atoms with van der Waals surface area (Å²) in [6, 6.07) is 11.6. The Morgan fingerprint density at radius 3 is 2.52 bits per heavy atom. The number of aryl methyl sites for hydroxylation is 1. The number of hydrogen-bond acceptors (Lipinski definition) is 5. The summed E-state index contributed by atoms with van der Waals surface area (Å²) in [4.78, 5) is 19.5. The van der Waals surface area contributed by atoms with Gasteiger partial charge in [0.1, 0.15) is 0 Å². The first-order chi connectivity index (χ1) is 12.9. The Kier molecular flexibility index (Phi) is 5.14. The monoisotopic (exact) mass is 379 g/mol. The topological polar surface area (TPSA) is 103 Å². The van der Waals surface area contributed by atoms with E-state index in [0.717, 1.165) is 5.69 Å². The number of pyridine rings is 2. The first-order valence-electron chi connectivity index (χ1n) is 8.08. The van der Waals surface area contributed by atoms with Crippen LogP contribution in [-0.4, -0.2) is 24.3 Å². The van der Waals surface area contributed by atoms with Gasteiger partial charge in [0.2, 0.25) is 15.7 Å². The Morgan fingerprint density at radius 1 is 1.04 bits per heavy atom. The van der Waals surface area contributed by atoms with Crippen molar-refractivity contribution in [3.8, 4) is 11.1 Å². The van der Waals surface area contributed by atoms with E-state index in [9.17, 15) is 13.2 Å². The Morgan fingerprint density at radius 2 is 1.81 bits per heavy atom. The van der Waals surface area contributed by atoms with Gasteiger partial charge >= 0.3 is 0 Å². The van der Waals surface area contributed by atoms with Crippen LogP contribution >= 0.6 is 0 Å². The van der Waals surface area contributed by atoms with Gasteiger partial charge in [-0.15, -0.1) is 0 Å². The van der Waals surface area contributed by atoms with Crippen molar-refractivity contribution in [1.29, 1.82) is 0 Å². The van der Waals surface area contributed by atoms with Gasteiger partial charge in [0, 0.05) is 41.5 Å². The van der Waals surface area contributed by atoms with Crippen LogP contribution in [0.15, 0.2) is 76.9 Å². The summed E-state index contributed by atoms with van der Waals surface area (Å²) in [5.41, 5.74) is 7.61. The van der Waals surface area contributed by atoms with Gasteiger partial charge in [-0.1, -0.05) is 18.2 Å². The summed E-state index contributed by atoms with van der Waals surface area (Å²) < 4.78 is 26.3. The number of nitrogens with two attached hydrogens (primary N) is 1. The van der Waals surface area contributed by atoms with Gasteiger partial charge in [0.15, 0.2) is 0 Å². The molecule has 2 aromatic heterocycles. The molecular formula is C20H17N3O3S. The van der Waals surface area contributed by atoms with Crippen LogP contribution in [0, 0.1) is 6.92 Å². The van der Waals surface area contributed by atoms with Crippen LogP contribution < -0.4 is 5.73 Å². The number of nitrogens with zero attached hydrogens (tertiary/aromatic N) is 2. The summed E-state index contributed by atoms with van der Waals surface area (Å²) in [6.07, 6.45) is 7.18. The Hall–Kier alpha value is -3.32. The fourth-order valence-corrected chi connectivity index (χ4v) is 4.04. The standard InChI is InChI=1S/C20H17N3O3S/c1-14-6-8-16(13-23-14)27(25,26)19-5-3-2-4-18(19)17-10-11-22-12-15(17)7-9-20(21)24/h2-13H,1H3,(H2,21,24)/b9-7+. The van der Waals surface area contributed by atoms with Crippen molar-refractivity contribution in [2.45, 2.75) is 16.7 Å². The molecule has 3 aromatic rings. The molecule has 2 heterocycles. The van der Waals surface area contributed by atoms with Crippen molar-refractivity contribution >= 4 is 21.8 Å². The van der Waals surface area contributed by atoms with Crippen LogP contribution in [0.5, 0.6) is 0 Å². The van der Waals surface area contributed by atoms with Crippen molar-refractivity contribution < 1.29 is 13.2 Å². The fourth-order valence-electron chi connectivity index (χ4n) is 2.62. The number of amides is 1. The minimum atomic E-state index is -3.78. The van der Waals surface area contributed by atoms with Gasteiger partial charge in [-0.05, 0) is 42.8 Å². The third-order valence-corrected chi connectivity index (χ3v) is 5.74. The van der Waals surface area contributed by atoms with Crippen molar-refractivity contribution in [3.63, 3.8) is 0 Å². The van der Waals surface area contributed by atoms with E-state index in [2.05, 4.69) is 9.97 Å². The third kappa shape index (κ3) is 3.93. The van der Waals surface area contributed by atoms with Gasteiger partial charge in [-0.2, -0.15) is 0 Å². The second kappa shape index (κ2) is 7.51. The number of aromatic nitrogens is 2. The summed E-state index contributed by atoms with van der Waals surface area (Å²) >= 11 is 0. The number of sulfone groups is 1. The molecule has 0 fully saturated rings. The van der Waals surface area contributed by atoms with Crippen molar-refractivity contribution in [2.24, 2.45) is 5.73 Å². The second-order valence-corrected chi connectivity index (χ2v) is 7.75. The molecule has 0 spiro atoms. The SMILES string of the molecule is Cc1ccc(S(=O)(=O)c2ccccc2-c2ccncc2/C=C/C(N)=O)cn1. The number of benzene rings is 1. The van der Waals surface area contributed by atoms with Crippen LogP contribution in [0.4, 0.5) is 0 Å². The maximum Gasteiger partial charge on any atom is 0.241 e. The predicted octanol–water partition coefficient (Wildman–Crippen LogP) is 2.78. The normalized spacial score (nSPS) is 11.6. The summed E-state index contributed by atoms with van der Waals surface area (Å²) in [5.74, 6) is -0.601. The molecule has 2 N–H and O–H groups in total. The molecule has 27 heavy (non-hydrogen) atoms. The molecule has 0 aliphatic rings. The lowest BCUT2D eigenvalue weighted by Gasteiger charge is -2.12. The number of hydrogen-bond donors (Lipinski definition) is 1. The average molecular weight is 379 g/mol. The van der Waals surface area contributed by atoms with Crippen LogP contribution in [0.1, 0.15) is 11.3 Å². The third-order valence-electron chi connectivity index (χ3n) is 3.94. The Labute approximate surface area is 157 Å². The first-order valence-corrected chi connectivity index (χ1v) is 9.56. The lowest BCUT2D eigenvalue weighted by Crippen LogP contribution is -2.06. The smallest absolute Gasteiger partial charge is 0.241 e. The Balaban J connectivity index is 2.19. The molecule has 0 unspecified atom stereocenters. The Bertz CT molecular complexity index is 1120. The van der Waals surface area contributed by atoms with E-state index in [1.165, 1.54) is 24.4 Å².